The number of carbonyl (C=O) groups excluding carboxylic acids is 1. The monoisotopic (exact) mass is 287 g/mol. The predicted molar refractivity (Wildman–Crippen MR) is 80.9 cm³/mol. The number of hydrogen-bond acceptors (Lipinski definition) is 3. The molecule has 0 aliphatic carbocycles. The molecule has 0 spiro atoms. The quantitative estimate of drug-likeness (QED) is 0.830. The van der Waals surface area contributed by atoms with Gasteiger partial charge in [-0.25, -0.2) is 0 Å². The summed E-state index contributed by atoms with van der Waals surface area (Å²) < 4.78 is 5.16. The van der Waals surface area contributed by atoms with E-state index < -0.39 is 5.60 Å². The molecule has 0 atom stereocenters. The van der Waals surface area contributed by atoms with Gasteiger partial charge >= 0.3 is 0 Å². The van der Waals surface area contributed by atoms with Gasteiger partial charge in [0.1, 0.15) is 5.60 Å². The smallest absolute Gasteiger partial charge is 0.251 e. The van der Waals surface area contributed by atoms with Crippen molar-refractivity contribution in [3.05, 3.63) is 35.4 Å². The van der Waals surface area contributed by atoms with Crippen molar-refractivity contribution in [2.24, 2.45) is 5.41 Å². The summed E-state index contributed by atoms with van der Waals surface area (Å²) >= 11 is 0. The van der Waals surface area contributed by atoms with E-state index in [4.69, 9.17) is 4.74 Å². The summed E-state index contributed by atoms with van der Waals surface area (Å²) in [6, 6.07) is 7.04. The Morgan fingerprint density at radius 3 is 2.48 bits per heavy atom. The Bertz CT molecular complexity index is 569. The van der Waals surface area contributed by atoms with E-state index in [2.05, 4.69) is 24.1 Å². The third-order valence-electron chi connectivity index (χ3n) is 3.24. The molecule has 4 heteroatoms. The zero-order chi connectivity index (χ0) is 15.5. The first-order chi connectivity index (χ1) is 9.77. The second-order valence-electron chi connectivity index (χ2n) is 6.37. The van der Waals surface area contributed by atoms with Gasteiger partial charge in [0.25, 0.3) is 5.91 Å². The van der Waals surface area contributed by atoms with Crippen LogP contribution in [0.15, 0.2) is 24.3 Å². The van der Waals surface area contributed by atoms with E-state index in [1.165, 1.54) is 0 Å². The van der Waals surface area contributed by atoms with E-state index in [-0.39, 0.29) is 11.3 Å². The Morgan fingerprint density at radius 2 is 2.00 bits per heavy atom. The number of nitrogens with one attached hydrogen (secondary N) is 1. The van der Waals surface area contributed by atoms with Crippen LogP contribution in [0.25, 0.3) is 0 Å². The van der Waals surface area contributed by atoms with Gasteiger partial charge in [-0.05, 0) is 38.1 Å². The lowest BCUT2D eigenvalue weighted by Crippen LogP contribution is -2.48. The maximum absolute atomic E-state index is 12.0. The van der Waals surface area contributed by atoms with E-state index in [0.29, 0.717) is 25.3 Å². The summed E-state index contributed by atoms with van der Waals surface area (Å²) in [5, 5.41) is 12.5. The summed E-state index contributed by atoms with van der Waals surface area (Å²) in [5.74, 6) is 5.52. The molecule has 1 aromatic rings. The van der Waals surface area contributed by atoms with Crippen LogP contribution >= 0.6 is 0 Å². The minimum atomic E-state index is -1.02. The average molecular weight is 287 g/mol. The fourth-order valence-corrected chi connectivity index (χ4v) is 1.88. The van der Waals surface area contributed by atoms with Gasteiger partial charge < -0.3 is 15.2 Å². The lowest BCUT2D eigenvalue weighted by molar-refractivity contribution is -0.0978. The molecule has 0 unspecified atom stereocenters. The summed E-state index contributed by atoms with van der Waals surface area (Å²) in [7, 11) is 0. The highest BCUT2D eigenvalue weighted by Crippen LogP contribution is 2.25. The van der Waals surface area contributed by atoms with Crippen LogP contribution in [0.1, 0.15) is 36.7 Å². The van der Waals surface area contributed by atoms with Gasteiger partial charge in [0, 0.05) is 23.1 Å². The first-order valence-electron chi connectivity index (χ1n) is 6.99. The zero-order valence-electron chi connectivity index (χ0n) is 12.7. The van der Waals surface area contributed by atoms with Crippen LogP contribution in [0, 0.1) is 17.3 Å². The third kappa shape index (κ3) is 4.59. The highest BCUT2D eigenvalue weighted by Gasteiger charge is 2.33. The number of benzene rings is 1. The van der Waals surface area contributed by atoms with Gasteiger partial charge in [-0.2, -0.15) is 0 Å². The number of amides is 1. The molecule has 1 aromatic carbocycles. The number of rotatable bonds is 3. The minimum absolute atomic E-state index is 0.0633. The van der Waals surface area contributed by atoms with Gasteiger partial charge in [0.2, 0.25) is 0 Å². The SMILES string of the molecule is CC(C)(O)C#Cc1ccc(C(=O)NCC2(C)COC2)cc1. The molecule has 0 radical (unpaired) electrons. The molecule has 1 aliphatic rings. The molecule has 4 nitrogen and oxygen atoms in total. The molecule has 2 N–H and O–H groups in total. The van der Waals surface area contributed by atoms with Gasteiger partial charge in [-0.15, -0.1) is 0 Å². The van der Waals surface area contributed by atoms with Crippen molar-refractivity contribution >= 4 is 5.91 Å². The minimum Gasteiger partial charge on any atom is -0.380 e. The molecule has 0 saturated carbocycles. The topological polar surface area (TPSA) is 58.6 Å². The number of hydrogen-bond donors (Lipinski definition) is 2. The van der Waals surface area contributed by atoms with E-state index in [9.17, 15) is 9.90 Å². The van der Waals surface area contributed by atoms with Crippen molar-refractivity contribution in [3.8, 4) is 11.8 Å². The Balaban J connectivity index is 1.94. The molecule has 1 heterocycles. The molecular weight excluding hydrogens is 266 g/mol. The van der Waals surface area contributed by atoms with Crippen LogP contribution in [0.2, 0.25) is 0 Å². The highest BCUT2D eigenvalue weighted by molar-refractivity contribution is 5.94. The van der Waals surface area contributed by atoms with Gasteiger partial charge in [0.05, 0.1) is 13.2 Å². The van der Waals surface area contributed by atoms with E-state index in [1.807, 2.05) is 0 Å². The van der Waals surface area contributed by atoms with Crippen molar-refractivity contribution in [3.63, 3.8) is 0 Å². The fourth-order valence-electron chi connectivity index (χ4n) is 1.88. The van der Waals surface area contributed by atoms with Crippen molar-refractivity contribution in [2.45, 2.75) is 26.4 Å². The first-order valence-corrected chi connectivity index (χ1v) is 6.99. The van der Waals surface area contributed by atoms with Crippen molar-refractivity contribution in [1.82, 2.24) is 5.32 Å². The molecule has 1 amide bonds. The Labute approximate surface area is 125 Å². The molecule has 1 saturated heterocycles. The second kappa shape index (κ2) is 5.88. The number of ether oxygens (including phenoxy) is 1. The second-order valence-corrected chi connectivity index (χ2v) is 6.37. The van der Waals surface area contributed by atoms with Crippen molar-refractivity contribution < 1.29 is 14.6 Å². The van der Waals surface area contributed by atoms with Crippen molar-refractivity contribution in [2.75, 3.05) is 19.8 Å². The Hall–Kier alpha value is -1.83. The maximum Gasteiger partial charge on any atom is 0.251 e. The van der Waals surface area contributed by atoms with Crippen LogP contribution in [-0.2, 0) is 4.74 Å². The molecule has 0 aromatic heterocycles. The van der Waals surface area contributed by atoms with Crippen LogP contribution in [0.3, 0.4) is 0 Å². The molecular formula is C17H21NO3. The molecule has 1 aliphatic heterocycles. The van der Waals surface area contributed by atoms with Crippen LogP contribution < -0.4 is 5.32 Å². The predicted octanol–water partition coefficient (Wildman–Crippen LogP) is 1.58. The van der Waals surface area contributed by atoms with E-state index in [1.54, 1.807) is 38.1 Å². The van der Waals surface area contributed by atoms with Crippen LogP contribution in [0.5, 0.6) is 0 Å². The van der Waals surface area contributed by atoms with Crippen LogP contribution in [0.4, 0.5) is 0 Å². The summed E-state index contributed by atoms with van der Waals surface area (Å²) in [6.07, 6.45) is 0. The van der Waals surface area contributed by atoms with E-state index in [0.717, 1.165) is 5.56 Å². The standard InChI is InChI=1S/C17H21NO3/c1-16(2,20)9-8-13-4-6-14(7-5-13)15(19)18-10-17(3)11-21-12-17/h4-7,20H,10-12H2,1-3H3,(H,18,19). The number of aliphatic hydroxyl groups is 1. The van der Waals surface area contributed by atoms with Gasteiger partial charge in [-0.3, -0.25) is 4.79 Å². The molecule has 112 valence electrons. The first kappa shape index (κ1) is 15.6. The Morgan fingerprint density at radius 1 is 1.38 bits per heavy atom. The number of carbonyl (C=O) groups is 1. The zero-order valence-corrected chi connectivity index (χ0v) is 12.7. The fraction of sp³-hybridized carbons (Fsp3) is 0.471. The largest absolute Gasteiger partial charge is 0.380 e. The third-order valence-corrected chi connectivity index (χ3v) is 3.24. The average Bonchev–Trinajstić information content (AvgIpc) is 2.40. The molecule has 21 heavy (non-hydrogen) atoms. The lowest BCUT2D eigenvalue weighted by Gasteiger charge is -2.38. The lowest BCUT2D eigenvalue weighted by atomic mass is 9.88. The summed E-state index contributed by atoms with van der Waals surface area (Å²) in [6.45, 7) is 7.36. The van der Waals surface area contributed by atoms with Gasteiger partial charge in [-0.1, -0.05) is 18.8 Å². The maximum atomic E-state index is 12.0. The molecule has 1 fully saturated rings. The summed E-state index contributed by atoms with van der Waals surface area (Å²) in [4.78, 5) is 12.0. The molecule has 0 bridgehead atoms. The van der Waals surface area contributed by atoms with Gasteiger partial charge in [0.15, 0.2) is 0 Å². The Kier molecular flexibility index (Phi) is 4.36. The normalized spacial score (nSPS) is 16.4. The van der Waals surface area contributed by atoms with E-state index >= 15 is 0 Å². The van der Waals surface area contributed by atoms with Crippen molar-refractivity contribution in [1.29, 1.82) is 0 Å². The summed E-state index contributed by atoms with van der Waals surface area (Å²) in [5.41, 5.74) is 0.421. The highest BCUT2D eigenvalue weighted by atomic mass is 16.5. The van der Waals surface area contributed by atoms with Crippen LogP contribution in [-0.4, -0.2) is 36.4 Å². The molecule has 2 rings (SSSR count).